The normalized spacial score (nSPS) is 14.9. The molecule has 1 aliphatic rings. The minimum atomic E-state index is -0.332. The Morgan fingerprint density at radius 2 is 1.46 bits per heavy atom. The van der Waals surface area contributed by atoms with E-state index in [1.165, 1.54) is 11.1 Å². The zero-order valence-corrected chi connectivity index (χ0v) is 24.3. The van der Waals surface area contributed by atoms with Crippen molar-refractivity contribution in [2.75, 3.05) is 0 Å². The van der Waals surface area contributed by atoms with Crippen LogP contribution >= 0.6 is 0 Å². The fourth-order valence-electron chi connectivity index (χ4n) is 7.16. The quantitative estimate of drug-likeness (QED) is 0.193. The van der Waals surface area contributed by atoms with Crippen LogP contribution in [0.5, 0.6) is 5.75 Å². The number of fused-ring (bicyclic) bond motifs is 2. The molecule has 6 rings (SSSR count). The lowest BCUT2D eigenvalue weighted by molar-refractivity contribution is 0.100. The number of para-hydroxylation sites is 1. The monoisotopic (exact) mass is 545 g/mol. The standard InChI is InChI=1S/C35H35N3O3/c1-18-30(22(5)39)20(3)36-34(18)32-25-12-8-7-11-24(25)17-38-27(32)15-16-28(38)33(26-13-9-10-14-29(26)41)35-19(2)31(23(6)40)21(4)37-35/h7-16,32-33,36-37,41H,17H2,1-6H3. The summed E-state index contributed by atoms with van der Waals surface area (Å²) < 4.78 is 2.34. The van der Waals surface area contributed by atoms with Gasteiger partial charge in [-0.15, -0.1) is 0 Å². The van der Waals surface area contributed by atoms with Gasteiger partial charge in [-0.3, -0.25) is 9.59 Å². The number of aryl methyl sites for hydroxylation is 2. The smallest absolute Gasteiger partial charge is 0.161 e. The predicted molar refractivity (Wildman–Crippen MR) is 161 cm³/mol. The van der Waals surface area contributed by atoms with Crippen LogP contribution < -0.4 is 0 Å². The molecule has 3 aromatic heterocycles. The van der Waals surface area contributed by atoms with Crippen LogP contribution in [0.4, 0.5) is 0 Å². The van der Waals surface area contributed by atoms with Gasteiger partial charge >= 0.3 is 0 Å². The van der Waals surface area contributed by atoms with Crippen molar-refractivity contribution in [3.63, 3.8) is 0 Å². The van der Waals surface area contributed by atoms with Crippen LogP contribution in [0.15, 0.2) is 60.7 Å². The second-order valence-corrected chi connectivity index (χ2v) is 11.3. The van der Waals surface area contributed by atoms with Crippen molar-refractivity contribution < 1.29 is 14.7 Å². The third-order valence-electron chi connectivity index (χ3n) is 8.82. The number of nitrogens with one attached hydrogen (secondary N) is 2. The van der Waals surface area contributed by atoms with Crippen LogP contribution in [-0.2, 0) is 6.54 Å². The second kappa shape index (κ2) is 9.81. The first-order chi connectivity index (χ1) is 19.6. The minimum Gasteiger partial charge on any atom is -0.508 e. The maximum atomic E-state index is 12.6. The highest BCUT2D eigenvalue weighted by Gasteiger charge is 2.35. The van der Waals surface area contributed by atoms with Gasteiger partial charge in [-0.2, -0.15) is 0 Å². The number of aromatic hydroxyl groups is 1. The number of rotatable bonds is 6. The molecule has 0 amide bonds. The molecule has 0 saturated carbocycles. The number of benzene rings is 2. The van der Waals surface area contributed by atoms with Crippen LogP contribution in [0.25, 0.3) is 0 Å². The van der Waals surface area contributed by atoms with E-state index in [-0.39, 0.29) is 29.2 Å². The van der Waals surface area contributed by atoms with E-state index in [4.69, 9.17) is 0 Å². The van der Waals surface area contributed by atoms with Gasteiger partial charge in [0.15, 0.2) is 11.6 Å². The fraction of sp³-hybridized carbons (Fsp3) is 0.257. The first-order valence-corrected chi connectivity index (χ1v) is 14.0. The van der Waals surface area contributed by atoms with Gasteiger partial charge in [-0.05, 0) is 82.0 Å². The number of nitrogens with zero attached hydrogens (tertiary/aromatic N) is 1. The molecule has 2 aromatic carbocycles. The summed E-state index contributed by atoms with van der Waals surface area (Å²) in [5.41, 5.74) is 12.3. The molecular formula is C35H35N3O3. The van der Waals surface area contributed by atoms with Crippen LogP contribution in [0.3, 0.4) is 0 Å². The number of carbonyl (C=O) groups is 2. The van der Waals surface area contributed by atoms with Crippen molar-refractivity contribution in [1.29, 1.82) is 0 Å². The van der Waals surface area contributed by atoms with Gasteiger partial charge < -0.3 is 19.6 Å². The SMILES string of the molecule is CC(=O)c1c(C)[nH]c(C(c2ccccc2O)c2ccc3n2Cc2ccccc2C3c2[nH]c(C)c(C(C)=O)c2C)c1C. The lowest BCUT2D eigenvalue weighted by atomic mass is 9.84. The lowest BCUT2D eigenvalue weighted by Gasteiger charge is -2.31. The lowest BCUT2D eigenvalue weighted by Crippen LogP contribution is -2.23. The van der Waals surface area contributed by atoms with E-state index in [1.54, 1.807) is 19.9 Å². The largest absolute Gasteiger partial charge is 0.508 e. The molecule has 4 heterocycles. The molecule has 3 N–H and O–H groups in total. The zero-order chi connectivity index (χ0) is 29.2. The molecule has 0 spiro atoms. The molecule has 2 unspecified atom stereocenters. The van der Waals surface area contributed by atoms with Crippen LogP contribution in [0, 0.1) is 27.7 Å². The molecule has 0 radical (unpaired) electrons. The number of ketones is 2. The molecule has 0 saturated heterocycles. The summed E-state index contributed by atoms with van der Waals surface area (Å²) in [6, 6.07) is 20.2. The Kier molecular flexibility index (Phi) is 6.37. The van der Waals surface area contributed by atoms with Gasteiger partial charge in [0.25, 0.3) is 0 Å². The highest BCUT2D eigenvalue weighted by Crippen LogP contribution is 2.45. The molecule has 0 bridgehead atoms. The van der Waals surface area contributed by atoms with Gasteiger partial charge in [0.2, 0.25) is 0 Å². The Hall–Kier alpha value is -4.58. The number of carbonyl (C=O) groups excluding carboxylic acids is 2. The molecule has 1 aliphatic heterocycles. The second-order valence-electron chi connectivity index (χ2n) is 11.3. The number of hydrogen-bond donors (Lipinski definition) is 3. The van der Waals surface area contributed by atoms with Crippen molar-refractivity contribution in [3.8, 4) is 5.75 Å². The Morgan fingerprint density at radius 3 is 2.12 bits per heavy atom. The van der Waals surface area contributed by atoms with E-state index < -0.39 is 0 Å². The summed E-state index contributed by atoms with van der Waals surface area (Å²) in [5, 5.41) is 11.1. The van der Waals surface area contributed by atoms with E-state index in [1.807, 2.05) is 45.9 Å². The molecule has 41 heavy (non-hydrogen) atoms. The first kappa shape index (κ1) is 26.6. The number of Topliss-reactive ketones (excluding diaryl/α,β-unsaturated/α-hetero) is 2. The maximum Gasteiger partial charge on any atom is 0.161 e. The third-order valence-corrected chi connectivity index (χ3v) is 8.82. The first-order valence-electron chi connectivity index (χ1n) is 14.0. The van der Waals surface area contributed by atoms with Gasteiger partial charge in [-0.1, -0.05) is 42.5 Å². The van der Waals surface area contributed by atoms with E-state index >= 15 is 0 Å². The Morgan fingerprint density at radius 1 is 0.829 bits per heavy atom. The zero-order valence-electron chi connectivity index (χ0n) is 24.3. The average molecular weight is 546 g/mol. The van der Waals surface area contributed by atoms with Gasteiger partial charge in [0.1, 0.15) is 5.75 Å². The van der Waals surface area contributed by atoms with Crippen LogP contribution in [0.1, 0.15) is 108 Å². The highest BCUT2D eigenvalue weighted by molar-refractivity contribution is 5.97. The number of hydrogen-bond acceptors (Lipinski definition) is 3. The molecule has 2 atom stereocenters. The summed E-state index contributed by atoms with van der Waals surface area (Å²) in [5.74, 6) is -0.143. The molecule has 208 valence electrons. The van der Waals surface area contributed by atoms with Crippen LogP contribution in [-0.4, -0.2) is 31.2 Å². The van der Waals surface area contributed by atoms with Crippen molar-refractivity contribution >= 4 is 11.6 Å². The third kappa shape index (κ3) is 4.08. The van der Waals surface area contributed by atoms with Crippen molar-refractivity contribution in [1.82, 2.24) is 14.5 Å². The number of phenols is 1. The Balaban J connectivity index is 1.62. The molecule has 0 aliphatic carbocycles. The molecule has 6 nitrogen and oxygen atoms in total. The Bertz CT molecular complexity index is 1850. The predicted octanol–water partition coefficient (Wildman–Crippen LogP) is 7.21. The van der Waals surface area contributed by atoms with E-state index in [0.717, 1.165) is 56.4 Å². The van der Waals surface area contributed by atoms with E-state index in [0.29, 0.717) is 12.1 Å². The minimum absolute atomic E-state index is 0.0172. The summed E-state index contributed by atoms with van der Waals surface area (Å²) in [7, 11) is 0. The number of aromatic amines is 2. The summed E-state index contributed by atoms with van der Waals surface area (Å²) in [4.78, 5) is 32.2. The summed E-state index contributed by atoms with van der Waals surface area (Å²) in [6.07, 6.45) is 0. The number of aromatic nitrogens is 3. The fourth-order valence-corrected chi connectivity index (χ4v) is 7.16. The number of phenolic OH excluding ortho intramolecular Hbond substituents is 1. The van der Waals surface area contributed by atoms with Crippen molar-refractivity contribution in [2.45, 2.75) is 59.9 Å². The van der Waals surface area contributed by atoms with Gasteiger partial charge in [0, 0.05) is 57.4 Å². The van der Waals surface area contributed by atoms with Gasteiger partial charge in [0.05, 0.1) is 11.8 Å². The number of H-pyrrole nitrogens is 2. The topological polar surface area (TPSA) is 90.9 Å². The average Bonchev–Trinajstić information content (AvgIpc) is 3.56. The Labute approximate surface area is 240 Å². The van der Waals surface area contributed by atoms with Crippen molar-refractivity contribution in [3.05, 3.63) is 134 Å². The van der Waals surface area contributed by atoms with Gasteiger partial charge in [-0.25, -0.2) is 0 Å². The molecule has 5 aromatic rings. The molecule has 0 fully saturated rings. The summed E-state index contributed by atoms with van der Waals surface area (Å²) in [6.45, 7) is 11.8. The molecule has 6 heteroatoms. The molecular weight excluding hydrogens is 510 g/mol. The highest BCUT2D eigenvalue weighted by atomic mass is 16.3. The van der Waals surface area contributed by atoms with Crippen LogP contribution in [0.2, 0.25) is 0 Å². The van der Waals surface area contributed by atoms with E-state index in [2.05, 4.69) is 50.9 Å². The maximum absolute atomic E-state index is 12.6. The van der Waals surface area contributed by atoms with Crippen molar-refractivity contribution in [2.24, 2.45) is 0 Å². The summed E-state index contributed by atoms with van der Waals surface area (Å²) >= 11 is 0. The van der Waals surface area contributed by atoms with E-state index in [9.17, 15) is 14.7 Å².